The lowest BCUT2D eigenvalue weighted by Crippen LogP contribution is -2.54. The van der Waals surface area contributed by atoms with Crippen LogP contribution in [0.25, 0.3) is 0 Å². The summed E-state index contributed by atoms with van der Waals surface area (Å²) in [5, 5.41) is 3.31. The molecule has 4 rings (SSSR count). The Morgan fingerprint density at radius 3 is 2.13 bits per heavy atom. The van der Waals surface area contributed by atoms with Crippen molar-refractivity contribution in [2.45, 2.75) is 50.7 Å². The Bertz CT molecular complexity index is 1720. The fourth-order valence-electron chi connectivity index (χ4n) is 4.88. The van der Waals surface area contributed by atoms with E-state index in [-0.39, 0.29) is 29.6 Å². The van der Waals surface area contributed by atoms with Gasteiger partial charge in [-0.3, -0.25) is 13.9 Å². The lowest BCUT2D eigenvalue weighted by atomic mass is 10.0. The molecule has 0 saturated heterocycles. The smallest absolute Gasteiger partial charge is 0.264 e. The van der Waals surface area contributed by atoms with E-state index in [0.29, 0.717) is 22.9 Å². The first-order valence-corrected chi connectivity index (χ1v) is 16.7. The topological polar surface area (TPSA) is 96.0 Å². The van der Waals surface area contributed by atoms with Gasteiger partial charge in [-0.1, -0.05) is 60.1 Å². The Balaban J connectivity index is 1.81. The number of sulfonamides is 1. The summed E-state index contributed by atoms with van der Waals surface area (Å²) in [4.78, 5) is 29.4. The van der Waals surface area contributed by atoms with Gasteiger partial charge in [-0.15, -0.1) is 0 Å². The van der Waals surface area contributed by atoms with E-state index >= 15 is 0 Å². The molecule has 46 heavy (non-hydrogen) atoms. The van der Waals surface area contributed by atoms with Gasteiger partial charge in [0.15, 0.2) is 0 Å². The SMILES string of the molecule is CCOc1ccc(N(CC(=O)N(Cc2ccccc2Cl)C(Cc2ccccc2)C(=O)NC(C)C)S(=O)(=O)c2ccc(F)cc2)cc1. The summed E-state index contributed by atoms with van der Waals surface area (Å²) >= 11 is 6.52. The second kappa shape index (κ2) is 15.7. The first-order valence-electron chi connectivity index (χ1n) is 14.9. The zero-order chi connectivity index (χ0) is 33.3. The number of hydrogen-bond donors (Lipinski definition) is 1. The van der Waals surface area contributed by atoms with Crippen molar-refractivity contribution in [3.8, 4) is 5.75 Å². The Hall–Kier alpha value is -4.41. The van der Waals surface area contributed by atoms with Gasteiger partial charge in [0.25, 0.3) is 10.0 Å². The van der Waals surface area contributed by atoms with Gasteiger partial charge in [-0.2, -0.15) is 0 Å². The first kappa shape index (κ1) is 34.5. The molecule has 242 valence electrons. The number of amides is 2. The fraction of sp³-hybridized carbons (Fsp3) is 0.257. The van der Waals surface area contributed by atoms with E-state index in [1.165, 1.54) is 17.0 Å². The first-order chi connectivity index (χ1) is 22.0. The Kier molecular flexibility index (Phi) is 11.8. The van der Waals surface area contributed by atoms with Gasteiger partial charge in [0.1, 0.15) is 24.2 Å². The Labute approximate surface area is 274 Å². The van der Waals surface area contributed by atoms with Crippen LogP contribution in [0.5, 0.6) is 5.75 Å². The molecule has 0 saturated carbocycles. The summed E-state index contributed by atoms with van der Waals surface area (Å²) in [6, 6.07) is 25.6. The van der Waals surface area contributed by atoms with E-state index in [0.717, 1.165) is 34.1 Å². The molecule has 0 aliphatic carbocycles. The molecule has 0 radical (unpaired) electrons. The average Bonchev–Trinajstić information content (AvgIpc) is 3.03. The third kappa shape index (κ3) is 8.86. The molecule has 1 N–H and O–H groups in total. The molecule has 0 aliphatic heterocycles. The molecule has 1 unspecified atom stereocenters. The fourth-order valence-corrected chi connectivity index (χ4v) is 6.49. The summed E-state index contributed by atoms with van der Waals surface area (Å²) in [6.07, 6.45) is 0.170. The summed E-state index contributed by atoms with van der Waals surface area (Å²) in [5.41, 5.74) is 1.58. The maximum atomic E-state index is 14.5. The summed E-state index contributed by atoms with van der Waals surface area (Å²) in [7, 11) is -4.38. The average molecular weight is 666 g/mol. The van der Waals surface area contributed by atoms with Crippen LogP contribution in [0.4, 0.5) is 10.1 Å². The molecule has 0 aliphatic rings. The minimum absolute atomic E-state index is 0.0603. The maximum Gasteiger partial charge on any atom is 0.264 e. The second-order valence-electron chi connectivity index (χ2n) is 10.9. The van der Waals surface area contributed by atoms with E-state index < -0.39 is 40.2 Å². The molecule has 4 aromatic rings. The van der Waals surface area contributed by atoms with Crippen molar-refractivity contribution in [1.82, 2.24) is 10.2 Å². The number of hydrogen-bond acceptors (Lipinski definition) is 5. The number of nitrogens with one attached hydrogen (secondary N) is 1. The third-order valence-electron chi connectivity index (χ3n) is 7.12. The van der Waals surface area contributed by atoms with Crippen LogP contribution in [0.2, 0.25) is 5.02 Å². The van der Waals surface area contributed by atoms with E-state index in [9.17, 15) is 22.4 Å². The van der Waals surface area contributed by atoms with Gasteiger partial charge in [-0.05, 0) is 86.5 Å². The predicted molar refractivity (Wildman–Crippen MR) is 178 cm³/mol. The lowest BCUT2D eigenvalue weighted by molar-refractivity contribution is -0.140. The minimum Gasteiger partial charge on any atom is -0.494 e. The molecule has 2 amide bonds. The molecule has 0 heterocycles. The zero-order valence-corrected chi connectivity index (χ0v) is 27.5. The molecular formula is C35H37ClFN3O5S. The van der Waals surface area contributed by atoms with E-state index in [1.807, 2.05) is 51.1 Å². The van der Waals surface area contributed by atoms with Crippen LogP contribution >= 0.6 is 11.6 Å². The number of nitrogens with zero attached hydrogens (tertiary/aromatic N) is 2. The monoisotopic (exact) mass is 665 g/mol. The molecule has 1 atom stereocenters. The van der Waals surface area contributed by atoms with Crippen molar-refractivity contribution >= 4 is 39.1 Å². The number of carbonyl (C=O) groups is 2. The highest BCUT2D eigenvalue weighted by Crippen LogP contribution is 2.28. The predicted octanol–water partition coefficient (Wildman–Crippen LogP) is 6.24. The highest BCUT2D eigenvalue weighted by atomic mass is 35.5. The Morgan fingerprint density at radius 1 is 0.891 bits per heavy atom. The van der Waals surface area contributed by atoms with Crippen LogP contribution in [-0.2, 0) is 32.6 Å². The van der Waals surface area contributed by atoms with Gasteiger partial charge < -0.3 is 15.0 Å². The second-order valence-corrected chi connectivity index (χ2v) is 13.1. The summed E-state index contributed by atoms with van der Waals surface area (Å²) in [6.45, 7) is 5.16. The van der Waals surface area contributed by atoms with Gasteiger partial charge in [0, 0.05) is 24.0 Å². The van der Waals surface area contributed by atoms with Crippen LogP contribution in [0.15, 0.2) is 108 Å². The molecule has 0 bridgehead atoms. The van der Waals surface area contributed by atoms with Crippen molar-refractivity contribution < 1.29 is 27.1 Å². The highest BCUT2D eigenvalue weighted by Gasteiger charge is 2.35. The molecule has 0 fully saturated rings. The number of rotatable bonds is 14. The third-order valence-corrected chi connectivity index (χ3v) is 9.27. The Morgan fingerprint density at radius 2 is 1.52 bits per heavy atom. The standard InChI is InChI=1S/C35H37ClFN3O5S/c1-4-45-30-18-16-29(17-19-30)40(46(43,44)31-20-14-28(37)15-21-31)24-34(41)39(23-27-12-8-9-13-32(27)36)33(35(42)38-25(2)3)22-26-10-6-5-7-11-26/h5-21,25,33H,4,22-24H2,1-3H3,(H,38,42). The van der Waals surface area contributed by atoms with Crippen LogP contribution in [0.3, 0.4) is 0 Å². The minimum atomic E-state index is -4.38. The van der Waals surface area contributed by atoms with E-state index in [1.54, 1.807) is 36.4 Å². The van der Waals surface area contributed by atoms with Gasteiger partial charge in [0.2, 0.25) is 11.8 Å². The quantitative estimate of drug-likeness (QED) is 0.172. The number of benzene rings is 4. The van der Waals surface area contributed by atoms with E-state index in [4.69, 9.17) is 16.3 Å². The molecule has 11 heteroatoms. The van der Waals surface area contributed by atoms with E-state index in [2.05, 4.69) is 5.32 Å². The number of halogens is 2. The van der Waals surface area contributed by atoms with Crippen molar-refractivity contribution in [3.05, 3.63) is 125 Å². The van der Waals surface area contributed by atoms with Crippen molar-refractivity contribution in [2.75, 3.05) is 17.5 Å². The largest absolute Gasteiger partial charge is 0.494 e. The summed E-state index contributed by atoms with van der Waals surface area (Å²) < 4.78 is 48.4. The van der Waals surface area contributed by atoms with Gasteiger partial charge >= 0.3 is 0 Å². The number of carbonyl (C=O) groups excluding carboxylic acids is 2. The van der Waals surface area contributed by atoms with Crippen LogP contribution in [-0.4, -0.2) is 50.4 Å². The van der Waals surface area contributed by atoms with Crippen molar-refractivity contribution in [2.24, 2.45) is 0 Å². The van der Waals surface area contributed by atoms with Crippen LogP contribution < -0.4 is 14.4 Å². The summed E-state index contributed by atoms with van der Waals surface area (Å²) in [5.74, 6) is -1.12. The molecule has 0 aromatic heterocycles. The van der Waals surface area contributed by atoms with Crippen LogP contribution in [0.1, 0.15) is 31.9 Å². The zero-order valence-electron chi connectivity index (χ0n) is 25.9. The van der Waals surface area contributed by atoms with Gasteiger partial charge in [-0.25, -0.2) is 12.8 Å². The maximum absolute atomic E-state index is 14.5. The molecular weight excluding hydrogens is 629 g/mol. The van der Waals surface area contributed by atoms with Crippen LogP contribution in [0, 0.1) is 5.82 Å². The molecule has 8 nitrogen and oxygen atoms in total. The van der Waals surface area contributed by atoms with Crippen molar-refractivity contribution in [3.63, 3.8) is 0 Å². The number of ether oxygens (including phenoxy) is 1. The normalized spacial score (nSPS) is 12.0. The highest BCUT2D eigenvalue weighted by molar-refractivity contribution is 7.92. The van der Waals surface area contributed by atoms with Gasteiger partial charge in [0.05, 0.1) is 17.2 Å². The molecule has 4 aromatic carbocycles. The lowest BCUT2D eigenvalue weighted by Gasteiger charge is -2.34. The molecule has 0 spiro atoms. The number of anilines is 1. The van der Waals surface area contributed by atoms with Crippen molar-refractivity contribution in [1.29, 1.82) is 0 Å².